The lowest BCUT2D eigenvalue weighted by Gasteiger charge is -2.25. The van der Waals surface area contributed by atoms with Crippen molar-refractivity contribution in [2.45, 2.75) is 25.7 Å². The Morgan fingerprint density at radius 2 is 0.725 bits per heavy atom. The van der Waals surface area contributed by atoms with E-state index >= 15 is 0 Å². The first-order chi connectivity index (χ1) is 39.7. The minimum atomic E-state index is 0.920. The summed E-state index contributed by atoms with van der Waals surface area (Å²) >= 11 is 0. The van der Waals surface area contributed by atoms with Gasteiger partial charge in [-0.25, -0.2) is 9.97 Å². The van der Waals surface area contributed by atoms with Crippen LogP contribution in [-0.2, 0) is 0 Å². The van der Waals surface area contributed by atoms with Gasteiger partial charge in [-0.05, 0) is 175 Å². The fourth-order valence-corrected chi connectivity index (χ4v) is 12.5. The Hall–Kier alpha value is -10.2. The molecular formula is C76H54N4. The van der Waals surface area contributed by atoms with Gasteiger partial charge in [-0.15, -0.1) is 0 Å². The molecule has 0 aliphatic heterocycles. The van der Waals surface area contributed by atoms with Gasteiger partial charge in [0.05, 0.1) is 22.1 Å². The number of para-hydroxylation sites is 2. The number of aromatic nitrogens is 4. The summed E-state index contributed by atoms with van der Waals surface area (Å²) < 4.78 is 4.58. The molecule has 15 rings (SSSR count). The Labute approximate surface area is 466 Å². The normalized spacial score (nSPS) is 13.5. The average molecular weight is 1020 g/mol. The number of benzene rings is 11. The Bertz CT molecular complexity index is 4650. The quantitative estimate of drug-likeness (QED) is 0.128. The minimum Gasteiger partial charge on any atom is -0.292 e. The first-order valence-electron chi connectivity index (χ1n) is 27.9. The summed E-state index contributed by atoms with van der Waals surface area (Å²) in [6.07, 6.45) is 16.2. The van der Waals surface area contributed by atoms with Crippen molar-refractivity contribution in [2.75, 3.05) is 0 Å². The van der Waals surface area contributed by atoms with E-state index in [1.165, 1.54) is 66.1 Å². The molecule has 0 fully saturated rings. The van der Waals surface area contributed by atoms with Gasteiger partial charge in [0.15, 0.2) is 0 Å². The molecule has 0 amide bonds. The zero-order chi connectivity index (χ0) is 52.9. The Balaban J connectivity index is 0.988. The summed E-state index contributed by atoms with van der Waals surface area (Å²) in [5, 5.41) is 4.87. The molecule has 0 atom stereocenters. The molecule has 0 unspecified atom stereocenters. The van der Waals surface area contributed by atoms with Crippen molar-refractivity contribution in [3.05, 3.63) is 296 Å². The lowest BCUT2D eigenvalue weighted by atomic mass is 9.78. The number of allylic oxidation sites excluding steroid dienone is 8. The van der Waals surface area contributed by atoms with Gasteiger partial charge in [0.25, 0.3) is 0 Å². The molecule has 0 bridgehead atoms. The van der Waals surface area contributed by atoms with Crippen LogP contribution in [0.4, 0.5) is 0 Å². The number of fused-ring (bicyclic) bond motifs is 4. The highest BCUT2D eigenvalue weighted by atomic mass is 15.1. The summed E-state index contributed by atoms with van der Waals surface area (Å²) in [4.78, 5) is 10.8. The van der Waals surface area contributed by atoms with Gasteiger partial charge < -0.3 is 0 Å². The van der Waals surface area contributed by atoms with Crippen LogP contribution in [0.3, 0.4) is 0 Å². The van der Waals surface area contributed by atoms with Gasteiger partial charge in [-0.1, -0.05) is 218 Å². The average Bonchev–Trinajstić information content (AvgIpc) is 4.23. The Morgan fingerprint density at radius 3 is 1.25 bits per heavy atom. The largest absolute Gasteiger partial charge is 0.292 e. The molecule has 0 radical (unpaired) electrons. The van der Waals surface area contributed by atoms with Crippen LogP contribution in [0.2, 0.25) is 0 Å². The van der Waals surface area contributed by atoms with Crippen LogP contribution in [-0.4, -0.2) is 19.1 Å². The lowest BCUT2D eigenvalue weighted by molar-refractivity contribution is 1.00. The Morgan fingerprint density at radius 1 is 0.300 bits per heavy atom. The van der Waals surface area contributed by atoms with E-state index in [0.717, 1.165) is 104 Å². The molecule has 80 heavy (non-hydrogen) atoms. The molecule has 0 saturated carbocycles. The molecule has 13 aromatic rings. The maximum atomic E-state index is 5.41. The summed E-state index contributed by atoms with van der Waals surface area (Å²) in [5.74, 6) is 1.84. The van der Waals surface area contributed by atoms with Gasteiger partial charge in [0.1, 0.15) is 11.6 Å². The predicted octanol–water partition coefficient (Wildman–Crippen LogP) is 20.1. The first kappa shape index (κ1) is 47.1. The van der Waals surface area contributed by atoms with E-state index in [1.54, 1.807) is 0 Å². The van der Waals surface area contributed by atoms with E-state index in [1.807, 2.05) is 0 Å². The predicted molar refractivity (Wildman–Crippen MR) is 335 cm³/mol. The second kappa shape index (κ2) is 20.0. The molecule has 378 valence electrons. The Kier molecular flexibility index (Phi) is 11.8. The summed E-state index contributed by atoms with van der Waals surface area (Å²) in [7, 11) is 0. The summed E-state index contributed by atoms with van der Waals surface area (Å²) in [6, 6.07) is 90.2. The highest BCUT2D eigenvalue weighted by molar-refractivity contribution is 6.22. The van der Waals surface area contributed by atoms with Crippen LogP contribution in [0, 0.1) is 0 Å². The van der Waals surface area contributed by atoms with E-state index in [-0.39, 0.29) is 0 Å². The topological polar surface area (TPSA) is 35.6 Å². The number of nitrogens with zero attached hydrogens (tertiary/aromatic N) is 4. The van der Waals surface area contributed by atoms with Crippen LogP contribution in [0.15, 0.2) is 290 Å². The molecule has 2 heterocycles. The SMILES string of the molecule is C1=CC(C2=CCCC=C2c2c3cc(-c4ccc5c(c4)nc(-c4ccccc4)n5-c4ccccc4)ccc3c(-c3ccccc3-c3ccccc3)c3cc(-c4ccc5c(c4)nc(-c4ccccc4)n5-c4ccccc4)ccc23)=CCC1. The van der Waals surface area contributed by atoms with Gasteiger partial charge >= 0.3 is 0 Å². The fraction of sp³-hybridized carbons (Fsp3) is 0.0526. The zero-order valence-corrected chi connectivity index (χ0v) is 44.2. The summed E-state index contributed by atoms with van der Waals surface area (Å²) in [6.45, 7) is 0. The smallest absolute Gasteiger partial charge is 0.145 e. The molecular weight excluding hydrogens is 969 g/mol. The highest BCUT2D eigenvalue weighted by Crippen LogP contribution is 2.50. The van der Waals surface area contributed by atoms with Crippen LogP contribution in [0.1, 0.15) is 31.2 Å². The second-order valence-corrected chi connectivity index (χ2v) is 21.0. The van der Waals surface area contributed by atoms with Gasteiger partial charge in [-0.3, -0.25) is 9.13 Å². The molecule has 2 aliphatic rings. The van der Waals surface area contributed by atoms with E-state index < -0.39 is 0 Å². The lowest BCUT2D eigenvalue weighted by Crippen LogP contribution is -2.02. The number of imidazole rings is 2. The monoisotopic (exact) mass is 1020 g/mol. The first-order valence-corrected chi connectivity index (χ1v) is 27.9. The third-order valence-electron chi connectivity index (χ3n) is 16.2. The number of hydrogen-bond acceptors (Lipinski definition) is 2. The molecule has 0 saturated heterocycles. The van der Waals surface area contributed by atoms with Gasteiger partial charge in [0, 0.05) is 22.5 Å². The van der Waals surface area contributed by atoms with Gasteiger partial charge in [-0.2, -0.15) is 0 Å². The molecule has 0 spiro atoms. The van der Waals surface area contributed by atoms with Crippen molar-refractivity contribution in [2.24, 2.45) is 0 Å². The van der Waals surface area contributed by atoms with Crippen LogP contribution in [0.5, 0.6) is 0 Å². The third kappa shape index (κ3) is 8.24. The van der Waals surface area contributed by atoms with Crippen LogP contribution < -0.4 is 0 Å². The van der Waals surface area contributed by atoms with Crippen molar-refractivity contribution in [1.29, 1.82) is 0 Å². The molecule has 0 N–H and O–H groups in total. The van der Waals surface area contributed by atoms with Crippen molar-refractivity contribution in [3.8, 4) is 78.7 Å². The van der Waals surface area contributed by atoms with E-state index in [2.05, 4.69) is 288 Å². The minimum absolute atomic E-state index is 0.920. The van der Waals surface area contributed by atoms with Crippen molar-refractivity contribution in [1.82, 2.24) is 19.1 Å². The van der Waals surface area contributed by atoms with Gasteiger partial charge in [0.2, 0.25) is 0 Å². The highest BCUT2D eigenvalue weighted by Gasteiger charge is 2.26. The van der Waals surface area contributed by atoms with Crippen LogP contribution >= 0.6 is 0 Å². The maximum absolute atomic E-state index is 5.41. The molecule has 4 nitrogen and oxygen atoms in total. The van der Waals surface area contributed by atoms with Crippen molar-refractivity contribution >= 4 is 49.2 Å². The standard InChI is InChI=1S/C76H54N4/c1-7-23-51(24-8-1)61-35-19-21-37-63(61)73-65-43-39-56(58-42-46-72-70(50-58)78-76(54-29-13-4-14-30-54)80(72)60-33-17-6-18-34-60)48-68(65)74(64-38-22-20-36-62(64)52-25-9-2-10-26-52)66-44-40-55(47-67(66)73)57-41-45-71-69(49-57)77-75(53-27-11-3-12-28-53)79(71)59-31-15-5-16-32-59/h1,3-9,11-19,21,23-50H,2,10,20,22H2. The maximum Gasteiger partial charge on any atom is 0.145 e. The summed E-state index contributed by atoms with van der Waals surface area (Å²) in [5.41, 5.74) is 22.8. The fourth-order valence-electron chi connectivity index (χ4n) is 12.5. The van der Waals surface area contributed by atoms with E-state index in [4.69, 9.17) is 9.97 Å². The number of rotatable bonds is 10. The van der Waals surface area contributed by atoms with E-state index in [0.29, 0.717) is 0 Å². The number of hydrogen-bond donors (Lipinski definition) is 0. The molecule has 2 aromatic heterocycles. The van der Waals surface area contributed by atoms with Crippen LogP contribution in [0.25, 0.3) is 128 Å². The van der Waals surface area contributed by atoms with Crippen molar-refractivity contribution in [3.63, 3.8) is 0 Å². The van der Waals surface area contributed by atoms with Crippen molar-refractivity contribution < 1.29 is 0 Å². The zero-order valence-electron chi connectivity index (χ0n) is 44.2. The third-order valence-corrected chi connectivity index (χ3v) is 16.2. The molecule has 4 heteroatoms. The second-order valence-electron chi connectivity index (χ2n) is 21.0. The molecule has 11 aromatic carbocycles. The molecule has 2 aliphatic carbocycles. The van der Waals surface area contributed by atoms with E-state index in [9.17, 15) is 0 Å².